The van der Waals surface area contributed by atoms with E-state index in [0.29, 0.717) is 6.54 Å². The molecule has 3 N–H and O–H groups in total. The molecule has 1 amide bonds. The second-order valence-electron chi connectivity index (χ2n) is 5.52. The molecule has 0 bridgehead atoms. The van der Waals surface area contributed by atoms with E-state index in [2.05, 4.69) is 5.32 Å². The third kappa shape index (κ3) is 4.36. The smallest absolute Gasteiger partial charge is 0.236 e. The summed E-state index contributed by atoms with van der Waals surface area (Å²) >= 11 is 0. The number of nitrogens with two attached hydrogens (primary N) is 1. The van der Waals surface area contributed by atoms with E-state index >= 15 is 0 Å². The van der Waals surface area contributed by atoms with Gasteiger partial charge in [-0.1, -0.05) is 6.07 Å². The van der Waals surface area contributed by atoms with E-state index in [1.807, 2.05) is 18.2 Å². The molecular weight excluding hydrogens is 268 g/mol. The first-order valence-corrected chi connectivity index (χ1v) is 7.47. The lowest BCUT2D eigenvalue weighted by Crippen LogP contribution is -2.37. The van der Waals surface area contributed by atoms with E-state index < -0.39 is 6.04 Å². The Kier molecular flexibility index (Phi) is 5.44. The summed E-state index contributed by atoms with van der Waals surface area (Å²) in [6, 6.07) is 5.22. The third-order valence-electron chi connectivity index (χ3n) is 3.70. The largest absolute Gasteiger partial charge is 0.493 e. The molecular formula is C16H24N2O3. The van der Waals surface area contributed by atoms with E-state index in [-0.39, 0.29) is 12.0 Å². The zero-order valence-electron chi connectivity index (χ0n) is 12.7. The second kappa shape index (κ2) is 7.31. The number of carbonyl (C=O) groups excluding carboxylic acids is 1. The lowest BCUT2D eigenvalue weighted by atomic mass is 10.2. The van der Waals surface area contributed by atoms with Crippen molar-refractivity contribution in [1.29, 1.82) is 0 Å². The number of ether oxygens (including phenoxy) is 2. The minimum Gasteiger partial charge on any atom is -0.493 e. The number of nitrogens with one attached hydrogen (secondary N) is 1. The van der Waals surface area contributed by atoms with Gasteiger partial charge < -0.3 is 20.5 Å². The number of methoxy groups -OCH3 is 1. The van der Waals surface area contributed by atoms with E-state index in [1.165, 1.54) is 12.8 Å². The zero-order chi connectivity index (χ0) is 15.2. The minimum absolute atomic E-state index is 0.163. The van der Waals surface area contributed by atoms with Crippen molar-refractivity contribution in [1.82, 2.24) is 5.32 Å². The van der Waals surface area contributed by atoms with Gasteiger partial charge in [0.05, 0.1) is 19.3 Å². The number of benzene rings is 1. The highest BCUT2D eigenvalue weighted by Crippen LogP contribution is 2.32. The summed E-state index contributed by atoms with van der Waals surface area (Å²) in [5.41, 5.74) is 6.50. The molecule has 0 aliphatic heterocycles. The lowest BCUT2D eigenvalue weighted by Gasteiger charge is -2.17. The fourth-order valence-electron chi connectivity index (χ4n) is 2.46. The average Bonchev–Trinajstić information content (AvgIpc) is 2.97. The summed E-state index contributed by atoms with van der Waals surface area (Å²) in [6.07, 6.45) is 4.89. The predicted octanol–water partition coefficient (Wildman–Crippen LogP) is 1.98. The molecule has 0 radical (unpaired) electrons. The molecule has 0 saturated heterocycles. The fraction of sp³-hybridized carbons (Fsp3) is 0.562. The number of hydrogen-bond donors (Lipinski definition) is 2. The summed E-state index contributed by atoms with van der Waals surface area (Å²) in [6.45, 7) is 2.10. The van der Waals surface area contributed by atoms with Crippen LogP contribution in [0.5, 0.6) is 11.5 Å². The Morgan fingerprint density at radius 3 is 2.71 bits per heavy atom. The van der Waals surface area contributed by atoms with Crippen LogP contribution in [0.2, 0.25) is 0 Å². The van der Waals surface area contributed by atoms with Crippen LogP contribution in [-0.4, -0.2) is 25.2 Å². The van der Waals surface area contributed by atoms with Crippen molar-refractivity contribution in [2.45, 2.75) is 51.3 Å². The van der Waals surface area contributed by atoms with Crippen molar-refractivity contribution >= 4 is 5.91 Å². The van der Waals surface area contributed by atoms with Crippen LogP contribution in [0.25, 0.3) is 0 Å². The van der Waals surface area contributed by atoms with Crippen molar-refractivity contribution < 1.29 is 14.3 Å². The second-order valence-corrected chi connectivity index (χ2v) is 5.52. The highest BCUT2D eigenvalue weighted by atomic mass is 16.5. The summed E-state index contributed by atoms with van der Waals surface area (Å²) in [4.78, 5) is 11.5. The Balaban J connectivity index is 2.03. The van der Waals surface area contributed by atoms with Gasteiger partial charge in [0, 0.05) is 6.54 Å². The summed E-state index contributed by atoms with van der Waals surface area (Å²) < 4.78 is 11.4. The number of amides is 1. The standard InChI is InChI=1S/C16H24N2O3/c1-11(17)16(19)18-10-12-7-8-14(20-2)15(9-12)21-13-5-3-4-6-13/h7-9,11,13H,3-6,10,17H2,1-2H3,(H,18,19)/t11-/m1/s1. The topological polar surface area (TPSA) is 73.6 Å². The van der Waals surface area contributed by atoms with Crippen molar-refractivity contribution in [3.8, 4) is 11.5 Å². The van der Waals surface area contributed by atoms with Gasteiger partial charge in [-0.15, -0.1) is 0 Å². The lowest BCUT2D eigenvalue weighted by molar-refractivity contribution is -0.122. The van der Waals surface area contributed by atoms with Crippen LogP contribution in [0.1, 0.15) is 38.2 Å². The maximum atomic E-state index is 11.5. The first kappa shape index (κ1) is 15.6. The van der Waals surface area contributed by atoms with Gasteiger partial charge in [-0.25, -0.2) is 0 Å². The Hall–Kier alpha value is -1.75. The van der Waals surface area contributed by atoms with Gasteiger partial charge in [-0.05, 0) is 50.3 Å². The van der Waals surface area contributed by atoms with Crippen LogP contribution in [-0.2, 0) is 11.3 Å². The van der Waals surface area contributed by atoms with Gasteiger partial charge >= 0.3 is 0 Å². The molecule has 1 fully saturated rings. The zero-order valence-corrected chi connectivity index (χ0v) is 12.7. The third-order valence-corrected chi connectivity index (χ3v) is 3.70. The highest BCUT2D eigenvalue weighted by Gasteiger charge is 2.18. The molecule has 21 heavy (non-hydrogen) atoms. The molecule has 0 aromatic heterocycles. The van der Waals surface area contributed by atoms with E-state index in [4.69, 9.17) is 15.2 Å². The summed E-state index contributed by atoms with van der Waals surface area (Å²) in [5, 5.41) is 2.80. The highest BCUT2D eigenvalue weighted by molar-refractivity contribution is 5.80. The van der Waals surface area contributed by atoms with Gasteiger partial charge in [-0.3, -0.25) is 4.79 Å². The number of rotatable bonds is 6. The van der Waals surface area contributed by atoms with Crippen molar-refractivity contribution in [3.63, 3.8) is 0 Å². The molecule has 1 aliphatic carbocycles. The van der Waals surface area contributed by atoms with Crippen LogP contribution in [0, 0.1) is 0 Å². The predicted molar refractivity (Wildman–Crippen MR) is 81.4 cm³/mol. The first-order valence-electron chi connectivity index (χ1n) is 7.47. The number of hydrogen-bond acceptors (Lipinski definition) is 4. The van der Waals surface area contributed by atoms with Crippen LogP contribution >= 0.6 is 0 Å². The maximum Gasteiger partial charge on any atom is 0.236 e. The van der Waals surface area contributed by atoms with Crippen LogP contribution < -0.4 is 20.5 Å². The average molecular weight is 292 g/mol. The Labute approximate surface area is 125 Å². The molecule has 116 valence electrons. The van der Waals surface area contributed by atoms with E-state index in [0.717, 1.165) is 29.9 Å². The van der Waals surface area contributed by atoms with Gasteiger partial charge in [0.1, 0.15) is 0 Å². The first-order chi connectivity index (χ1) is 10.1. The van der Waals surface area contributed by atoms with Gasteiger partial charge in [0.25, 0.3) is 0 Å². The molecule has 5 nitrogen and oxygen atoms in total. The SMILES string of the molecule is COc1ccc(CNC(=O)[C@@H](C)N)cc1OC1CCCC1. The van der Waals surface area contributed by atoms with Gasteiger partial charge in [-0.2, -0.15) is 0 Å². The van der Waals surface area contributed by atoms with Crippen molar-refractivity contribution in [2.75, 3.05) is 7.11 Å². The van der Waals surface area contributed by atoms with E-state index in [9.17, 15) is 4.79 Å². The van der Waals surface area contributed by atoms with E-state index in [1.54, 1.807) is 14.0 Å². The normalized spacial score (nSPS) is 16.5. The van der Waals surface area contributed by atoms with Crippen LogP contribution in [0.4, 0.5) is 0 Å². The van der Waals surface area contributed by atoms with Crippen molar-refractivity contribution in [3.05, 3.63) is 23.8 Å². The fourth-order valence-corrected chi connectivity index (χ4v) is 2.46. The van der Waals surface area contributed by atoms with Crippen molar-refractivity contribution in [2.24, 2.45) is 5.73 Å². The Morgan fingerprint density at radius 1 is 1.38 bits per heavy atom. The number of carbonyl (C=O) groups is 1. The molecule has 1 atom stereocenters. The van der Waals surface area contributed by atoms with Crippen LogP contribution in [0.15, 0.2) is 18.2 Å². The summed E-state index contributed by atoms with van der Waals surface area (Å²) in [7, 11) is 1.63. The Bertz CT molecular complexity index is 482. The summed E-state index contributed by atoms with van der Waals surface area (Å²) in [5.74, 6) is 1.31. The molecule has 1 aromatic rings. The van der Waals surface area contributed by atoms with Gasteiger partial charge in [0.15, 0.2) is 11.5 Å². The molecule has 0 unspecified atom stereocenters. The molecule has 0 heterocycles. The molecule has 1 aromatic carbocycles. The molecule has 1 saturated carbocycles. The monoisotopic (exact) mass is 292 g/mol. The molecule has 5 heteroatoms. The minimum atomic E-state index is -0.502. The quantitative estimate of drug-likeness (QED) is 0.841. The molecule has 1 aliphatic rings. The van der Waals surface area contributed by atoms with Gasteiger partial charge in [0.2, 0.25) is 5.91 Å². The molecule has 2 rings (SSSR count). The maximum absolute atomic E-state index is 11.5. The van der Waals surface area contributed by atoms with Crippen LogP contribution in [0.3, 0.4) is 0 Å². The Morgan fingerprint density at radius 2 is 2.10 bits per heavy atom. The molecule has 0 spiro atoms.